The third-order valence-corrected chi connectivity index (χ3v) is 3.56. The number of carbonyl (C=O) groups excluding carboxylic acids is 1. The summed E-state index contributed by atoms with van der Waals surface area (Å²) in [6.45, 7) is 0. The summed E-state index contributed by atoms with van der Waals surface area (Å²) in [4.78, 5) is 22.8. The second-order valence-corrected chi connectivity index (χ2v) is 5.12. The van der Waals surface area contributed by atoms with Crippen molar-refractivity contribution in [1.82, 2.24) is 0 Å². The Bertz CT molecular complexity index is 1040. The molecule has 0 atom stereocenters. The van der Waals surface area contributed by atoms with Crippen molar-refractivity contribution in [3.63, 3.8) is 0 Å². The number of nitrogens with zero attached hydrogens (tertiary/aromatic N) is 1. The highest BCUT2D eigenvalue weighted by Gasteiger charge is 2.15. The maximum absolute atomic E-state index is 12.5. The second kappa shape index (κ2) is 6.44. The van der Waals surface area contributed by atoms with E-state index >= 15 is 0 Å². The van der Waals surface area contributed by atoms with E-state index in [-0.39, 0.29) is 22.4 Å². The molecular weight excluding hydrogens is 326 g/mol. The van der Waals surface area contributed by atoms with Crippen LogP contribution in [0.1, 0.15) is 10.4 Å². The fraction of sp³-hybridized carbons (Fsp3) is 0.0588. The summed E-state index contributed by atoms with van der Waals surface area (Å²) in [6, 6.07) is 12.2. The molecule has 0 fully saturated rings. The number of nitro benzene ring substituents is 1. The summed E-state index contributed by atoms with van der Waals surface area (Å²) in [5, 5.41) is 21.8. The number of amides is 1. The van der Waals surface area contributed by atoms with Crippen molar-refractivity contribution in [1.29, 1.82) is 5.41 Å². The van der Waals surface area contributed by atoms with Crippen LogP contribution in [0.2, 0.25) is 0 Å². The number of hydrogen-bond acceptors (Lipinski definition) is 6. The number of nitrogens with one attached hydrogen (secondary N) is 2. The van der Waals surface area contributed by atoms with Crippen molar-refractivity contribution < 1.29 is 18.9 Å². The first-order chi connectivity index (χ1) is 12.0. The zero-order valence-electron chi connectivity index (χ0n) is 13.1. The molecule has 0 radical (unpaired) electrons. The molecule has 0 saturated heterocycles. The highest BCUT2D eigenvalue weighted by molar-refractivity contribution is 6.06. The molecule has 0 aliphatic heterocycles. The number of para-hydroxylation sites is 2. The van der Waals surface area contributed by atoms with E-state index in [1.807, 2.05) is 0 Å². The Labute approximate surface area is 141 Å². The van der Waals surface area contributed by atoms with Gasteiger partial charge in [-0.2, -0.15) is 0 Å². The summed E-state index contributed by atoms with van der Waals surface area (Å²) in [7, 11) is 1.48. The first-order valence-electron chi connectivity index (χ1n) is 7.21. The standard InChI is InChI=1S/C17H13N3O5/c1-24-15-5-3-2-4-13(15)19-17(21)12-9-10-8-11(20(22)23)6-7-14(10)25-16(12)18/h2-9,18H,1H3,(H,19,21). The molecule has 3 rings (SSSR count). The van der Waals surface area contributed by atoms with Crippen LogP contribution in [-0.4, -0.2) is 17.9 Å². The molecule has 2 aromatic carbocycles. The molecule has 1 heterocycles. The van der Waals surface area contributed by atoms with E-state index in [4.69, 9.17) is 14.6 Å². The smallest absolute Gasteiger partial charge is 0.270 e. The Kier molecular flexibility index (Phi) is 4.17. The van der Waals surface area contributed by atoms with Gasteiger partial charge in [-0.3, -0.25) is 20.3 Å². The van der Waals surface area contributed by atoms with Gasteiger partial charge >= 0.3 is 0 Å². The van der Waals surface area contributed by atoms with E-state index in [1.165, 1.54) is 31.4 Å². The van der Waals surface area contributed by atoms with E-state index in [9.17, 15) is 14.9 Å². The molecule has 0 spiro atoms. The normalized spacial score (nSPS) is 10.4. The highest BCUT2D eigenvalue weighted by Crippen LogP contribution is 2.24. The molecule has 0 unspecified atom stereocenters. The summed E-state index contributed by atoms with van der Waals surface area (Å²) in [5.41, 5.74) is 0.210. The van der Waals surface area contributed by atoms with Gasteiger partial charge in [0.25, 0.3) is 11.6 Å². The third kappa shape index (κ3) is 3.18. The predicted molar refractivity (Wildman–Crippen MR) is 89.7 cm³/mol. The van der Waals surface area contributed by atoms with Crippen molar-refractivity contribution in [2.24, 2.45) is 0 Å². The van der Waals surface area contributed by atoms with Crippen LogP contribution >= 0.6 is 0 Å². The van der Waals surface area contributed by atoms with Crippen LogP contribution in [0.3, 0.4) is 0 Å². The average Bonchev–Trinajstić information content (AvgIpc) is 2.61. The van der Waals surface area contributed by atoms with E-state index in [0.717, 1.165) is 0 Å². The van der Waals surface area contributed by atoms with Gasteiger partial charge in [0.2, 0.25) is 5.55 Å². The summed E-state index contributed by atoms with van der Waals surface area (Å²) in [6.07, 6.45) is 0. The minimum atomic E-state index is -0.577. The number of anilines is 1. The number of carbonyl (C=O) groups is 1. The number of ether oxygens (including phenoxy) is 1. The van der Waals surface area contributed by atoms with E-state index in [0.29, 0.717) is 16.8 Å². The van der Waals surface area contributed by atoms with E-state index < -0.39 is 10.8 Å². The van der Waals surface area contributed by atoms with Gasteiger partial charge in [0, 0.05) is 17.5 Å². The Morgan fingerprint density at radius 1 is 1.24 bits per heavy atom. The van der Waals surface area contributed by atoms with Crippen LogP contribution in [0.5, 0.6) is 5.75 Å². The van der Waals surface area contributed by atoms with Gasteiger partial charge in [-0.25, -0.2) is 0 Å². The molecule has 126 valence electrons. The van der Waals surface area contributed by atoms with Crippen molar-refractivity contribution in [2.75, 3.05) is 12.4 Å². The number of non-ortho nitro benzene ring substituents is 1. The molecule has 0 aliphatic carbocycles. The van der Waals surface area contributed by atoms with Crippen molar-refractivity contribution in [3.05, 3.63) is 69.8 Å². The number of fused-ring (bicyclic) bond motifs is 1. The first-order valence-corrected chi connectivity index (χ1v) is 7.21. The van der Waals surface area contributed by atoms with Crippen LogP contribution in [0, 0.1) is 15.5 Å². The van der Waals surface area contributed by atoms with Gasteiger partial charge in [-0.15, -0.1) is 0 Å². The number of rotatable bonds is 4. The van der Waals surface area contributed by atoms with Crippen molar-refractivity contribution in [3.8, 4) is 5.75 Å². The Morgan fingerprint density at radius 2 is 2.00 bits per heavy atom. The quantitative estimate of drug-likeness (QED) is 0.559. The zero-order chi connectivity index (χ0) is 18.0. The lowest BCUT2D eigenvalue weighted by Gasteiger charge is -2.10. The molecular formula is C17H13N3O5. The van der Waals surface area contributed by atoms with Gasteiger partial charge in [0.05, 0.1) is 17.7 Å². The summed E-state index contributed by atoms with van der Waals surface area (Å²) < 4.78 is 10.5. The number of benzene rings is 2. The van der Waals surface area contributed by atoms with Crippen LogP contribution in [0.4, 0.5) is 11.4 Å². The minimum absolute atomic E-state index is 0.0427. The van der Waals surface area contributed by atoms with Crippen molar-refractivity contribution >= 4 is 28.3 Å². The monoisotopic (exact) mass is 339 g/mol. The van der Waals surface area contributed by atoms with Gasteiger partial charge in [0.1, 0.15) is 16.9 Å². The maximum atomic E-state index is 12.5. The number of nitro groups is 1. The average molecular weight is 339 g/mol. The van der Waals surface area contributed by atoms with Crippen LogP contribution in [0.25, 0.3) is 11.0 Å². The molecule has 8 heteroatoms. The minimum Gasteiger partial charge on any atom is -0.495 e. The Morgan fingerprint density at radius 3 is 2.72 bits per heavy atom. The highest BCUT2D eigenvalue weighted by atomic mass is 16.6. The lowest BCUT2D eigenvalue weighted by molar-refractivity contribution is -0.384. The number of methoxy groups -OCH3 is 1. The lowest BCUT2D eigenvalue weighted by atomic mass is 10.1. The van der Waals surface area contributed by atoms with Gasteiger partial charge in [-0.1, -0.05) is 12.1 Å². The molecule has 3 aromatic rings. The van der Waals surface area contributed by atoms with Gasteiger partial charge < -0.3 is 14.5 Å². The molecule has 0 bridgehead atoms. The summed E-state index contributed by atoms with van der Waals surface area (Å²) >= 11 is 0. The first kappa shape index (κ1) is 16.2. The predicted octanol–water partition coefficient (Wildman–Crippen LogP) is 3.08. The van der Waals surface area contributed by atoms with Crippen LogP contribution < -0.4 is 15.6 Å². The Hall–Kier alpha value is -3.68. The fourth-order valence-electron chi connectivity index (χ4n) is 2.35. The molecule has 25 heavy (non-hydrogen) atoms. The lowest BCUT2D eigenvalue weighted by Crippen LogP contribution is -2.21. The molecule has 1 amide bonds. The molecule has 0 aliphatic rings. The van der Waals surface area contributed by atoms with Crippen LogP contribution in [0.15, 0.2) is 52.9 Å². The van der Waals surface area contributed by atoms with E-state index in [2.05, 4.69) is 5.32 Å². The topological polar surface area (TPSA) is 118 Å². The zero-order valence-corrected chi connectivity index (χ0v) is 13.1. The second-order valence-electron chi connectivity index (χ2n) is 5.12. The SMILES string of the molecule is COc1ccccc1NC(=O)c1cc2cc([N+](=O)[O-])ccc2oc1=N. The third-order valence-electron chi connectivity index (χ3n) is 3.56. The molecule has 2 N–H and O–H groups in total. The number of hydrogen-bond donors (Lipinski definition) is 2. The molecule has 1 aromatic heterocycles. The van der Waals surface area contributed by atoms with Crippen LogP contribution in [-0.2, 0) is 0 Å². The summed E-state index contributed by atoms with van der Waals surface area (Å²) in [5.74, 6) is -0.109. The largest absolute Gasteiger partial charge is 0.495 e. The maximum Gasteiger partial charge on any atom is 0.270 e. The van der Waals surface area contributed by atoms with Gasteiger partial charge in [0.15, 0.2) is 0 Å². The fourth-order valence-corrected chi connectivity index (χ4v) is 2.35. The molecule has 8 nitrogen and oxygen atoms in total. The molecule has 0 saturated carbocycles. The van der Waals surface area contributed by atoms with Crippen molar-refractivity contribution in [2.45, 2.75) is 0 Å². The van der Waals surface area contributed by atoms with Gasteiger partial charge in [-0.05, 0) is 24.3 Å². The van der Waals surface area contributed by atoms with E-state index in [1.54, 1.807) is 24.3 Å². The Balaban J connectivity index is 2.02.